The van der Waals surface area contributed by atoms with Crippen molar-refractivity contribution in [2.75, 3.05) is 12.3 Å². The first kappa shape index (κ1) is 13.9. The maximum Gasteiger partial charge on any atom is 0.248 e. The number of nitrogen functional groups attached to an aromatic ring is 1. The second-order valence-corrected chi connectivity index (χ2v) is 5.31. The van der Waals surface area contributed by atoms with Gasteiger partial charge >= 0.3 is 0 Å². The maximum absolute atomic E-state index is 11.1. The van der Waals surface area contributed by atoms with Crippen molar-refractivity contribution in [3.63, 3.8) is 0 Å². The van der Waals surface area contributed by atoms with Gasteiger partial charge in [-0.3, -0.25) is 9.69 Å². The summed E-state index contributed by atoms with van der Waals surface area (Å²) in [5, 5.41) is 0. The van der Waals surface area contributed by atoms with Crippen molar-refractivity contribution >= 4 is 11.6 Å². The lowest BCUT2D eigenvalue weighted by atomic mass is 9.98. The molecule has 4 N–H and O–H groups in total. The van der Waals surface area contributed by atoms with Crippen LogP contribution in [0.4, 0.5) is 5.69 Å². The van der Waals surface area contributed by atoms with E-state index in [1.165, 1.54) is 25.7 Å². The Morgan fingerprint density at radius 3 is 2.84 bits per heavy atom. The molecular weight excluding hydrogens is 238 g/mol. The van der Waals surface area contributed by atoms with Gasteiger partial charge in [0, 0.05) is 23.8 Å². The number of primary amides is 1. The van der Waals surface area contributed by atoms with Gasteiger partial charge in [0.25, 0.3) is 0 Å². The molecule has 0 bridgehead atoms. The number of piperidine rings is 1. The second kappa shape index (κ2) is 6.06. The lowest BCUT2D eigenvalue weighted by Crippen LogP contribution is -2.38. The van der Waals surface area contributed by atoms with Crippen molar-refractivity contribution in [3.05, 3.63) is 29.3 Å². The van der Waals surface area contributed by atoms with Gasteiger partial charge in [-0.1, -0.05) is 19.4 Å². The number of rotatable bonds is 4. The zero-order chi connectivity index (χ0) is 13.8. The fourth-order valence-electron chi connectivity index (χ4n) is 2.84. The van der Waals surface area contributed by atoms with E-state index in [0.29, 0.717) is 17.3 Å². The lowest BCUT2D eigenvalue weighted by molar-refractivity contribution is 0.1000. The van der Waals surface area contributed by atoms with E-state index in [-0.39, 0.29) is 0 Å². The molecule has 1 fully saturated rings. The quantitative estimate of drug-likeness (QED) is 0.816. The van der Waals surface area contributed by atoms with Gasteiger partial charge in [0.15, 0.2) is 0 Å². The van der Waals surface area contributed by atoms with Crippen molar-refractivity contribution in [1.29, 1.82) is 0 Å². The molecule has 0 saturated carbocycles. The van der Waals surface area contributed by atoms with Crippen LogP contribution < -0.4 is 11.5 Å². The third-order valence-electron chi connectivity index (χ3n) is 4.02. The number of benzene rings is 1. The molecule has 2 rings (SSSR count). The average Bonchev–Trinajstić information content (AvgIpc) is 2.41. The number of carbonyl (C=O) groups is 1. The molecule has 1 aromatic rings. The molecule has 0 aliphatic carbocycles. The minimum absolute atomic E-state index is 0.428. The van der Waals surface area contributed by atoms with E-state index in [4.69, 9.17) is 11.5 Å². The minimum atomic E-state index is -0.428. The third-order valence-corrected chi connectivity index (χ3v) is 4.02. The molecule has 1 aliphatic heterocycles. The van der Waals surface area contributed by atoms with Crippen molar-refractivity contribution in [3.8, 4) is 0 Å². The molecule has 0 aromatic heterocycles. The van der Waals surface area contributed by atoms with Gasteiger partial charge < -0.3 is 11.5 Å². The first-order valence-electron chi connectivity index (χ1n) is 7.04. The highest BCUT2D eigenvalue weighted by molar-refractivity contribution is 5.93. The van der Waals surface area contributed by atoms with E-state index in [9.17, 15) is 4.79 Å². The van der Waals surface area contributed by atoms with E-state index in [1.54, 1.807) is 12.1 Å². The Morgan fingerprint density at radius 1 is 1.42 bits per heavy atom. The SMILES string of the molecule is CCC1CCCCN1Cc1ccc(C(N)=O)cc1N. The molecule has 1 aliphatic rings. The summed E-state index contributed by atoms with van der Waals surface area (Å²) in [7, 11) is 0. The maximum atomic E-state index is 11.1. The fraction of sp³-hybridized carbons (Fsp3) is 0.533. The highest BCUT2D eigenvalue weighted by atomic mass is 16.1. The molecule has 19 heavy (non-hydrogen) atoms. The lowest BCUT2D eigenvalue weighted by Gasteiger charge is -2.35. The average molecular weight is 261 g/mol. The molecular formula is C15H23N3O. The normalized spacial score (nSPS) is 20.4. The zero-order valence-electron chi connectivity index (χ0n) is 11.6. The fourth-order valence-corrected chi connectivity index (χ4v) is 2.84. The smallest absolute Gasteiger partial charge is 0.248 e. The summed E-state index contributed by atoms with van der Waals surface area (Å²) in [5.74, 6) is -0.428. The number of hydrogen-bond acceptors (Lipinski definition) is 3. The molecule has 1 atom stereocenters. The number of amides is 1. The number of carbonyl (C=O) groups excluding carboxylic acids is 1. The largest absolute Gasteiger partial charge is 0.398 e. The van der Waals surface area contributed by atoms with Crippen molar-refractivity contribution in [2.24, 2.45) is 5.73 Å². The van der Waals surface area contributed by atoms with E-state index in [0.717, 1.165) is 18.7 Å². The number of anilines is 1. The Hall–Kier alpha value is -1.55. The molecule has 104 valence electrons. The van der Waals surface area contributed by atoms with Crippen LogP contribution in [0.15, 0.2) is 18.2 Å². The van der Waals surface area contributed by atoms with E-state index < -0.39 is 5.91 Å². The van der Waals surface area contributed by atoms with Crippen LogP contribution in [0.3, 0.4) is 0 Å². The summed E-state index contributed by atoms with van der Waals surface area (Å²) >= 11 is 0. The third kappa shape index (κ3) is 3.26. The van der Waals surface area contributed by atoms with Gasteiger partial charge in [-0.25, -0.2) is 0 Å². The second-order valence-electron chi connectivity index (χ2n) is 5.31. The standard InChI is InChI=1S/C15H23N3O/c1-2-13-5-3-4-8-18(13)10-12-7-6-11(15(17)19)9-14(12)16/h6-7,9,13H,2-5,8,10,16H2,1H3,(H2,17,19). The Labute approximate surface area is 114 Å². The zero-order valence-corrected chi connectivity index (χ0v) is 11.6. The highest BCUT2D eigenvalue weighted by Crippen LogP contribution is 2.24. The van der Waals surface area contributed by atoms with Crippen molar-refractivity contribution < 1.29 is 4.79 Å². The molecule has 0 spiro atoms. The van der Waals surface area contributed by atoms with Gasteiger partial charge in [0.05, 0.1) is 0 Å². The van der Waals surface area contributed by atoms with Crippen molar-refractivity contribution in [2.45, 2.75) is 45.2 Å². The van der Waals surface area contributed by atoms with E-state index in [1.807, 2.05) is 6.07 Å². The number of nitrogens with zero attached hydrogens (tertiary/aromatic N) is 1. The molecule has 1 aromatic carbocycles. The summed E-state index contributed by atoms with van der Waals surface area (Å²) < 4.78 is 0. The van der Waals surface area contributed by atoms with Crippen LogP contribution in [0.25, 0.3) is 0 Å². The van der Waals surface area contributed by atoms with Gasteiger partial charge in [-0.05, 0) is 43.5 Å². The number of hydrogen-bond donors (Lipinski definition) is 2. The first-order chi connectivity index (χ1) is 9.11. The van der Waals surface area contributed by atoms with Gasteiger partial charge in [-0.15, -0.1) is 0 Å². The minimum Gasteiger partial charge on any atom is -0.398 e. The molecule has 1 saturated heterocycles. The topological polar surface area (TPSA) is 72.3 Å². The molecule has 1 heterocycles. The molecule has 0 radical (unpaired) electrons. The Morgan fingerprint density at radius 2 is 2.21 bits per heavy atom. The summed E-state index contributed by atoms with van der Waals surface area (Å²) in [5.41, 5.74) is 13.5. The van der Waals surface area contributed by atoms with E-state index >= 15 is 0 Å². The van der Waals surface area contributed by atoms with Crippen LogP contribution >= 0.6 is 0 Å². The molecule has 1 unspecified atom stereocenters. The Bertz CT molecular complexity index is 459. The number of nitrogens with two attached hydrogens (primary N) is 2. The monoisotopic (exact) mass is 261 g/mol. The van der Waals surface area contributed by atoms with Crippen LogP contribution in [0, 0.1) is 0 Å². The van der Waals surface area contributed by atoms with Crippen LogP contribution in [0.5, 0.6) is 0 Å². The van der Waals surface area contributed by atoms with Crippen LogP contribution in [0.1, 0.15) is 48.5 Å². The molecule has 1 amide bonds. The van der Waals surface area contributed by atoms with Crippen LogP contribution in [0.2, 0.25) is 0 Å². The summed E-state index contributed by atoms with van der Waals surface area (Å²) in [6, 6.07) is 6.03. The Balaban J connectivity index is 2.11. The summed E-state index contributed by atoms with van der Waals surface area (Å²) in [6.07, 6.45) is 5.04. The van der Waals surface area contributed by atoms with Gasteiger partial charge in [0.2, 0.25) is 5.91 Å². The summed E-state index contributed by atoms with van der Waals surface area (Å²) in [4.78, 5) is 13.6. The predicted molar refractivity (Wildman–Crippen MR) is 77.7 cm³/mol. The first-order valence-corrected chi connectivity index (χ1v) is 7.04. The predicted octanol–water partition coefficient (Wildman–Crippen LogP) is 2.13. The van der Waals surface area contributed by atoms with Crippen molar-refractivity contribution in [1.82, 2.24) is 4.90 Å². The van der Waals surface area contributed by atoms with Gasteiger partial charge in [0.1, 0.15) is 0 Å². The summed E-state index contributed by atoms with van der Waals surface area (Å²) in [6.45, 7) is 4.24. The van der Waals surface area contributed by atoms with Gasteiger partial charge in [-0.2, -0.15) is 0 Å². The highest BCUT2D eigenvalue weighted by Gasteiger charge is 2.21. The molecule has 4 heteroatoms. The van der Waals surface area contributed by atoms with E-state index in [2.05, 4.69) is 11.8 Å². The van der Waals surface area contributed by atoms with Crippen LogP contribution in [-0.2, 0) is 6.54 Å². The molecule has 4 nitrogen and oxygen atoms in total. The Kier molecular flexibility index (Phi) is 4.43. The number of likely N-dealkylation sites (tertiary alicyclic amines) is 1. The van der Waals surface area contributed by atoms with Crippen LogP contribution in [-0.4, -0.2) is 23.4 Å².